The number of nitrogen functional groups attached to an aromatic ring is 1. The van der Waals surface area contributed by atoms with E-state index in [4.69, 9.17) is 14.9 Å². The van der Waals surface area contributed by atoms with E-state index in [-0.39, 0.29) is 12.5 Å². The molecular formula is C13H15N3O4. The van der Waals surface area contributed by atoms with Crippen molar-refractivity contribution < 1.29 is 13.9 Å². The van der Waals surface area contributed by atoms with Gasteiger partial charge < -0.3 is 19.8 Å². The van der Waals surface area contributed by atoms with Gasteiger partial charge in [-0.1, -0.05) is 0 Å². The van der Waals surface area contributed by atoms with Gasteiger partial charge in [-0.15, -0.1) is 0 Å². The number of nitrogens with zero attached hydrogens (tertiary/aromatic N) is 2. The molecule has 1 amide bonds. The number of benzene rings is 1. The van der Waals surface area contributed by atoms with E-state index >= 15 is 0 Å². The largest absolute Gasteiger partial charge is 0.420 e. The topological polar surface area (TPSA) is 90.7 Å². The van der Waals surface area contributed by atoms with Crippen LogP contribution in [0.4, 0.5) is 5.69 Å². The summed E-state index contributed by atoms with van der Waals surface area (Å²) in [7, 11) is 0. The van der Waals surface area contributed by atoms with E-state index in [1.54, 1.807) is 23.1 Å². The molecule has 1 saturated heterocycles. The van der Waals surface area contributed by atoms with Crippen LogP contribution in [0.15, 0.2) is 27.4 Å². The van der Waals surface area contributed by atoms with Crippen molar-refractivity contribution in [3.05, 3.63) is 28.7 Å². The van der Waals surface area contributed by atoms with Crippen molar-refractivity contribution in [3.8, 4) is 0 Å². The van der Waals surface area contributed by atoms with Gasteiger partial charge in [0, 0.05) is 24.8 Å². The number of anilines is 1. The van der Waals surface area contributed by atoms with Crippen LogP contribution in [0.1, 0.15) is 0 Å². The van der Waals surface area contributed by atoms with Crippen LogP contribution in [0.3, 0.4) is 0 Å². The number of carbonyl (C=O) groups is 1. The number of hydrogen-bond acceptors (Lipinski definition) is 5. The fraction of sp³-hybridized carbons (Fsp3) is 0.385. The van der Waals surface area contributed by atoms with Gasteiger partial charge in [-0.2, -0.15) is 0 Å². The summed E-state index contributed by atoms with van der Waals surface area (Å²) >= 11 is 0. The highest BCUT2D eigenvalue weighted by molar-refractivity contribution is 5.81. The Kier molecular flexibility index (Phi) is 3.19. The zero-order valence-electron chi connectivity index (χ0n) is 10.9. The highest BCUT2D eigenvalue weighted by Gasteiger charge is 2.19. The van der Waals surface area contributed by atoms with E-state index in [9.17, 15) is 9.59 Å². The average Bonchev–Trinajstić information content (AvgIpc) is 2.75. The summed E-state index contributed by atoms with van der Waals surface area (Å²) in [6.45, 7) is 2.13. The van der Waals surface area contributed by atoms with Gasteiger partial charge in [0.15, 0.2) is 5.58 Å². The van der Waals surface area contributed by atoms with Gasteiger partial charge in [0.05, 0.1) is 18.7 Å². The Morgan fingerprint density at radius 3 is 2.80 bits per heavy atom. The van der Waals surface area contributed by atoms with Gasteiger partial charge in [0.2, 0.25) is 5.91 Å². The zero-order chi connectivity index (χ0) is 14.1. The van der Waals surface area contributed by atoms with Crippen LogP contribution >= 0.6 is 0 Å². The number of rotatable bonds is 2. The predicted octanol–water partition coefficient (Wildman–Crippen LogP) is 0.0355. The van der Waals surface area contributed by atoms with Crippen molar-refractivity contribution in [1.29, 1.82) is 0 Å². The Hall–Kier alpha value is -2.28. The molecule has 1 aliphatic heterocycles. The Morgan fingerprint density at radius 2 is 2.05 bits per heavy atom. The minimum atomic E-state index is -0.549. The quantitative estimate of drug-likeness (QED) is 0.782. The fourth-order valence-corrected chi connectivity index (χ4v) is 2.28. The molecule has 7 nitrogen and oxygen atoms in total. The monoisotopic (exact) mass is 277 g/mol. The SMILES string of the molecule is Nc1ccc2c(c1)oc(=O)n2CC(=O)N1CCOCC1. The average molecular weight is 277 g/mol. The minimum absolute atomic E-state index is 0.0320. The highest BCUT2D eigenvalue weighted by atomic mass is 16.5. The van der Waals surface area contributed by atoms with Gasteiger partial charge in [-0.05, 0) is 12.1 Å². The number of hydrogen-bond donors (Lipinski definition) is 1. The van der Waals surface area contributed by atoms with Crippen molar-refractivity contribution in [1.82, 2.24) is 9.47 Å². The molecule has 20 heavy (non-hydrogen) atoms. The van der Waals surface area contributed by atoms with Crippen LogP contribution in [0.5, 0.6) is 0 Å². The normalized spacial score (nSPS) is 15.7. The first-order valence-electron chi connectivity index (χ1n) is 6.39. The third kappa shape index (κ3) is 2.27. The molecule has 1 aromatic heterocycles. The summed E-state index contributed by atoms with van der Waals surface area (Å²) in [4.78, 5) is 25.7. The molecule has 2 aromatic rings. The smallest absolute Gasteiger partial charge is 0.408 e. The summed E-state index contributed by atoms with van der Waals surface area (Å²) in [6, 6.07) is 4.93. The summed E-state index contributed by atoms with van der Waals surface area (Å²) in [6.07, 6.45) is 0. The molecule has 0 saturated carbocycles. The number of amides is 1. The molecule has 0 atom stereocenters. The van der Waals surface area contributed by atoms with E-state index < -0.39 is 5.76 Å². The molecule has 0 aliphatic carbocycles. The molecule has 2 heterocycles. The number of fused-ring (bicyclic) bond motifs is 1. The molecule has 106 valence electrons. The Balaban J connectivity index is 1.88. The second-order valence-electron chi connectivity index (χ2n) is 4.67. The van der Waals surface area contributed by atoms with Crippen LogP contribution in [-0.2, 0) is 16.1 Å². The van der Waals surface area contributed by atoms with E-state index in [2.05, 4.69) is 0 Å². The molecule has 0 unspecified atom stereocenters. The maximum Gasteiger partial charge on any atom is 0.420 e. The van der Waals surface area contributed by atoms with E-state index in [0.717, 1.165) is 0 Å². The molecule has 1 aromatic carbocycles. The number of ether oxygens (including phenoxy) is 1. The maximum absolute atomic E-state index is 12.2. The Morgan fingerprint density at radius 1 is 1.30 bits per heavy atom. The number of aromatic nitrogens is 1. The molecule has 7 heteroatoms. The van der Waals surface area contributed by atoms with Gasteiger partial charge in [-0.25, -0.2) is 4.79 Å². The first-order valence-corrected chi connectivity index (χ1v) is 6.39. The highest BCUT2D eigenvalue weighted by Crippen LogP contribution is 2.16. The lowest BCUT2D eigenvalue weighted by molar-refractivity contribution is -0.135. The molecule has 2 N–H and O–H groups in total. The van der Waals surface area contributed by atoms with Crippen molar-refractivity contribution in [3.63, 3.8) is 0 Å². The molecule has 0 spiro atoms. The molecular weight excluding hydrogens is 262 g/mol. The molecule has 0 radical (unpaired) electrons. The zero-order valence-corrected chi connectivity index (χ0v) is 10.9. The lowest BCUT2D eigenvalue weighted by atomic mass is 10.3. The van der Waals surface area contributed by atoms with Crippen LogP contribution in [-0.4, -0.2) is 41.7 Å². The van der Waals surface area contributed by atoms with Gasteiger partial charge in [-0.3, -0.25) is 9.36 Å². The predicted molar refractivity (Wildman–Crippen MR) is 72.3 cm³/mol. The first-order chi connectivity index (χ1) is 9.65. The third-order valence-electron chi connectivity index (χ3n) is 3.35. The van der Waals surface area contributed by atoms with Crippen molar-refractivity contribution in [2.75, 3.05) is 32.0 Å². The summed E-state index contributed by atoms with van der Waals surface area (Å²) < 4.78 is 11.6. The van der Waals surface area contributed by atoms with Crippen molar-refractivity contribution >= 4 is 22.7 Å². The van der Waals surface area contributed by atoms with E-state index in [1.807, 2.05) is 0 Å². The maximum atomic E-state index is 12.2. The summed E-state index contributed by atoms with van der Waals surface area (Å²) in [5, 5.41) is 0. The molecule has 1 fully saturated rings. The Bertz CT molecular complexity index is 697. The van der Waals surface area contributed by atoms with Gasteiger partial charge >= 0.3 is 5.76 Å². The first kappa shape index (κ1) is 12.7. The standard InChI is InChI=1S/C13H15N3O4/c14-9-1-2-10-11(7-9)20-13(18)16(10)8-12(17)15-3-5-19-6-4-15/h1-2,7H,3-6,8,14H2. The van der Waals surface area contributed by atoms with Crippen molar-refractivity contribution in [2.45, 2.75) is 6.54 Å². The van der Waals surface area contributed by atoms with E-state index in [0.29, 0.717) is 43.1 Å². The Labute approximate surface area is 114 Å². The minimum Gasteiger partial charge on any atom is -0.408 e. The summed E-state index contributed by atoms with van der Waals surface area (Å²) in [5.74, 6) is -0.665. The van der Waals surface area contributed by atoms with Gasteiger partial charge in [0.25, 0.3) is 0 Å². The second kappa shape index (κ2) is 5.01. The summed E-state index contributed by atoms with van der Waals surface area (Å²) in [5.41, 5.74) is 7.12. The van der Waals surface area contributed by atoms with Crippen molar-refractivity contribution in [2.24, 2.45) is 0 Å². The lowest BCUT2D eigenvalue weighted by Crippen LogP contribution is -2.43. The number of carbonyl (C=O) groups excluding carboxylic acids is 1. The number of nitrogens with two attached hydrogens (primary N) is 1. The van der Waals surface area contributed by atoms with Crippen LogP contribution in [0.25, 0.3) is 11.1 Å². The number of morpholine rings is 1. The molecule has 1 aliphatic rings. The third-order valence-corrected chi connectivity index (χ3v) is 3.35. The van der Waals surface area contributed by atoms with Crippen LogP contribution in [0.2, 0.25) is 0 Å². The lowest BCUT2D eigenvalue weighted by Gasteiger charge is -2.26. The molecule has 3 rings (SSSR count). The fourth-order valence-electron chi connectivity index (χ4n) is 2.28. The molecule has 0 bridgehead atoms. The van der Waals surface area contributed by atoms with Gasteiger partial charge in [0.1, 0.15) is 6.54 Å². The van der Waals surface area contributed by atoms with Crippen LogP contribution < -0.4 is 11.5 Å². The second-order valence-corrected chi connectivity index (χ2v) is 4.67. The van der Waals surface area contributed by atoms with Crippen LogP contribution in [0, 0.1) is 0 Å². The number of oxazole rings is 1. The van der Waals surface area contributed by atoms with E-state index in [1.165, 1.54) is 4.57 Å².